The Morgan fingerprint density at radius 3 is 2.77 bits per heavy atom. The second-order valence-corrected chi connectivity index (χ2v) is 5.96. The van der Waals surface area contributed by atoms with E-state index in [0.29, 0.717) is 24.9 Å². The smallest absolute Gasteiger partial charge is 0.337 e. The summed E-state index contributed by atoms with van der Waals surface area (Å²) in [7, 11) is 0. The van der Waals surface area contributed by atoms with Crippen molar-refractivity contribution in [1.29, 1.82) is 0 Å². The van der Waals surface area contributed by atoms with Crippen molar-refractivity contribution in [2.24, 2.45) is 0 Å². The van der Waals surface area contributed by atoms with Gasteiger partial charge in [-0.15, -0.1) is 5.10 Å². The highest BCUT2D eigenvalue weighted by atomic mass is 16.5. The molecule has 0 atom stereocenters. The summed E-state index contributed by atoms with van der Waals surface area (Å²) in [6, 6.07) is 10.4. The number of aromatic nitrogens is 4. The van der Waals surface area contributed by atoms with Crippen LogP contribution in [0.5, 0.6) is 6.01 Å². The van der Waals surface area contributed by atoms with Gasteiger partial charge in [0.2, 0.25) is 0 Å². The molecule has 0 spiro atoms. The molecule has 0 amide bonds. The predicted octanol–water partition coefficient (Wildman–Crippen LogP) is 2.27. The highest BCUT2D eigenvalue weighted by Crippen LogP contribution is 2.16. The van der Waals surface area contributed by atoms with Crippen LogP contribution in [0.3, 0.4) is 0 Å². The monoisotopic (exact) mass is 355 g/mol. The third-order valence-corrected chi connectivity index (χ3v) is 4.19. The molecule has 0 aliphatic heterocycles. The van der Waals surface area contributed by atoms with E-state index in [1.54, 1.807) is 4.52 Å². The molecule has 0 aliphatic carbocycles. The molecule has 3 aromatic rings. The molecule has 138 valence electrons. The summed E-state index contributed by atoms with van der Waals surface area (Å²) >= 11 is 0. The molecule has 1 aromatic carbocycles. The summed E-state index contributed by atoms with van der Waals surface area (Å²) in [6.45, 7) is 5.26. The molecule has 0 saturated carbocycles. The second kappa shape index (κ2) is 8.62. The van der Waals surface area contributed by atoms with E-state index in [1.807, 2.05) is 24.3 Å². The molecule has 2 N–H and O–H groups in total. The zero-order valence-electron chi connectivity index (χ0n) is 15.3. The van der Waals surface area contributed by atoms with Crippen LogP contribution >= 0.6 is 0 Å². The average molecular weight is 355 g/mol. The van der Waals surface area contributed by atoms with Crippen molar-refractivity contribution >= 4 is 11.5 Å². The van der Waals surface area contributed by atoms with Crippen LogP contribution in [0.1, 0.15) is 30.8 Å². The number of aryl methyl sites for hydroxylation is 2. The van der Waals surface area contributed by atoms with Gasteiger partial charge in [0.05, 0.1) is 13.2 Å². The lowest BCUT2D eigenvalue weighted by Crippen LogP contribution is -2.09. The molecule has 0 aliphatic rings. The van der Waals surface area contributed by atoms with E-state index >= 15 is 0 Å². The Balaban J connectivity index is 1.69. The van der Waals surface area contributed by atoms with Crippen molar-refractivity contribution in [1.82, 2.24) is 19.6 Å². The van der Waals surface area contributed by atoms with Gasteiger partial charge in [0.15, 0.2) is 0 Å². The standard InChI is InChI=1S/C19H25N5O2/c1-3-15-13-16(4-2)24-18(21-15)22-19(23-24)26-12-9-14-7-5-6-8-17(14)20-10-11-25/h5-8,13,20,25H,3-4,9-12H2,1-2H3. The minimum absolute atomic E-state index is 0.0997. The van der Waals surface area contributed by atoms with Gasteiger partial charge >= 0.3 is 6.01 Å². The van der Waals surface area contributed by atoms with E-state index in [0.717, 1.165) is 41.9 Å². The number of fused-ring (bicyclic) bond motifs is 1. The Hall–Kier alpha value is -2.67. The predicted molar refractivity (Wildman–Crippen MR) is 101 cm³/mol. The second-order valence-electron chi connectivity index (χ2n) is 5.96. The van der Waals surface area contributed by atoms with Crippen molar-refractivity contribution in [3.05, 3.63) is 47.3 Å². The number of aliphatic hydroxyl groups excluding tert-OH is 1. The maximum absolute atomic E-state index is 8.98. The summed E-state index contributed by atoms with van der Waals surface area (Å²) < 4.78 is 7.52. The van der Waals surface area contributed by atoms with E-state index in [2.05, 4.69) is 40.3 Å². The van der Waals surface area contributed by atoms with Crippen LogP contribution in [0.15, 0.2) is 30.3 Å². The van der Waals surface area contributed by atoms with Gasteiger partial charge in [-0.1, -0.05) is 32.0 Å². The first-order chi connectivity index (χ1) is 12.7. The quantitative estimate of drug-likeness (QED) is 0.613. The van der Waals surface area contributed by atoms with Crippen LogP contribution in [-0.2, 0) is 19.3 Å². The number of hydrogen-bond donors (Lipinski definition) is 2. The summed E-state index contributed by atoms with van der Waals surface area (Å²) in [4.78, 5) is 8.92. The molecule has 0 unspecified atom stereocenters. The molecule has 2 aromatic heterocycles. The largest absolute Gasteiger partial charge is 0.462 e. The highest BCUT2D eigenvalue weighted by Gasteiger charge is 2.11. The molecule has 3 rings (SSSR count). The minimum atomic E-state index is 0.0997. The van der Waals surface area contributed by atoms with Crippen molar-refractivity contribution < 1.29 is 9.84 Å². The maximum Gasteiger partial charge on any atom is 0.337 e. The molecular weight excluding hydrogens is 330 g/mol. The first-order valence-corrected chi connectivity index (χ1v) is 9.06. The number of anilines is 1. The summed E-state index contributed by atoms with van der Waals surface area (Å²) in [6.07, 6.45) is 2.45. The summed E-state index contributed by atoms with van der Waals surface area (Å²) in [5.74, 6) is 0.584. The van der Waals surface area contributed by atoms with Crippen LogP contribution in [0.2, 0.25) is 0 Å². The molecule has 2 heterocycles. The lowest BCUT2D eigenvalue weighted by molar-refractivity contribution is 0.296. The van der Waals surface area contributed by atoms with Crippen molar-refractivity contribution in [2.75, 3.05) is 25.1 Å². The van der Waals surface area contributed by atoms with Crippen LogP contribution < -0.4 is 10.1 Å². The Labute approximate surface area is 153 Å². The van der Waals surface area contributed by atoms with Crippen molar-refractivity contribution in [2.45, 2.75) is 33.1 Å². The fourth-order valence-corrected chi connectivity index (χ4v) is 2.81. The zero-order valence-corrected chi connectivity index (χ0v) is 15.3. The fraction of sp³-hybridized carbons (Fsp3) is 0.421. The molecule has 0 radical (unpaired) electrons. The highest BCUT2D eigenvalue weighted by molar-refractivity contribution is 5.51. The van der Waals surface area contributed by atoms with Gasteiger partial charge < -0.3 is 15.2 Å². The first kappa shape index (κ1) is 18.1. The van der Waals surface area contributed by atoms with Crippen LogP contribution in [-0.4, -0.2) is 44.4 Å². The van der Waals surface area contributed by atoms with E-state index in [1.165, 1.54) is 0 Å². The van der Waals surface area contributed by atoms with Crippen molar-refractivity contribution in [3.63, 3.8) is 0 Å². The van der Waals surface area contributed by atoms with Gasteiger partial charge in [-0.3, -0.25) is 0 Å². The lowest BCUT2D eigenvalue weighted by atomic mass is 10.1. The number of nitrogens with one attached hydrogen (secondary N) is 1. The SMILES string of the molecule is CCc1cc(CC)n2nc(OCCc3ccccc3NCCO)nc2n1. The number of nitrogens with zero attached hydrogens (tertiary/aromatic N) is 4. The average Bonchev–Trinajstić information content (AvgIpc) is 3.09. The number of benzene rings is 1. The molecule has 0 fully saturated rings. The van der Waals surface area contributed by atoms with Gasteiger partial charge in [-0.2, -0.15) is 9.50 Å². The topological polar surface area (TPSA) is 84.6 Å². The Morgan fingerprint density at radius 1 is 1.15 bits per heavy atom. The Kier molecular flexibility index (Phi) is 6.01. The number of hydrogen-bond acceptors (Lipinski definition) is 6. The lowest BCUT2D eigenvalue weighted by Gasteiger charge is -2.10. The van der Waals surface area contributed by atoms with Crippen LogP contribution in [0, 0.1) is 0 Å². The van der Waals surface area contributed by atoms with Crippen LogP contribution in [0.4, 0.5) is 5.69 Å². The molecule has 0 bridgehead atoms. The van der Waals surface area contributed by atoms with Gasteiger partial charge in [0.25, 0.3) is 5.78 Å². The van der Waals surface area contributed by atoms with Gasteiger partial charge in [0, 0.05) is 30.0 Å². The summed E-state index contributed by atoms with van der Waals surface area (Å²) in [5, 5.41) is 16.6. The number of para-hydroxylation sites is 1. The van der Waals surface area contributed by atoms with E-state index < -0.39 is 0 Å². The third kappa shape index (κ3) is 4.11. The molecular formula is C19H25N5O2. The van der Waals surface area contributed by atoms with Crippen LogP contribution in [0.25, 0.3) is 5.78 Å². The molecule has 7 nitrogen and oxygen atoms in total. The Morgan fingerprint density at radius 2 is 2.00 bits per heavy atom. The normalized spacial score (nSPS) is 11.0. The zero-order chi connectivity index (χ0) is 18.4. The van der Waals surface area contributed by atoms with E-state index in [4.69, 9.17) is 9.84 Å². The first-order valence-electron chi connectivity index (χ1n) is 9.06. The number of ether oxygens (including phenoxy) is 1. The van der Waals surface area contributed by atoms with Gasteiger partial charge in [-0.25, -0.2) is 4.98 Å². The van der Waals surface area contributed by atoms with E-state index in [-0.39, 0.29) is 6.61 Å². The third-order valence-electron chi connectivity index (χ3n) is 4.19. The van der Waals surface area contributed by atoms with Crippen molar-refractivity contribution in [3.8, 4) is 6.01 Å². The molecule has 26 heavy (non-hydrogen) atoms. The summed E-state index contributed by atoms with van der Waals surface area (Å²) in [5.41, 5.74) is 4.23. The van der Waals surface area contributed by atoms with Gasteiger partial charge in [-0.05, 0) is 30.5 Å². The fourth-order valence-electron chi connectivity index (χ4n) is 2.81. The number of rotatable bonds is 9. The molecule has 7 heteroatoms. The number of aliphatic hydroxyl groups is 1. The molecule has 0 saturated heterocycles. The van der Waals surface area contributed by atoms with E-state index in [9.17, 15) is 0 Å². The Bertz CT molecular complexity index is 862. The minimum Gasteiger partial charge on any atom is -0.462 e. The van der Waals surface area contributed by atoms with Gasteiger partial charge in [0.1, 0.15) is 0 Å². The maximum atomic E-state index is 8.98.